The van der Waals surface area contributed by atoms with Gasteiger partial charge in [0.25, 0.3) is 15.9 Å². The average Bonchev–Trinajstić information content (AvgIpc) is 2.86. The third-order valence-electron chi connectivity index (χ3n) is 6.22. The van der Waals surface area contributed by atoms with Crippen LogP contribution in [0.4, 0.5) is 11.4 Å². The Labute approximate surface area is 204 Å². The Morgan fingerprint density at radius 1 is 1.03 bits per heavy atom. The van der Waals surface area contributed by atoms with Crippen LogP contribution in [0.3, 0.4) is 0 Å². The van der Waals surface area contributed by atoms with Gasteiger partial charge in [0.15, 0.2) is 6.61 Å². The molecular formula is C26H25N3O5S. The lowest BCUT2D eigenvalue weighted by molar-refractivity contribution is -0.125. The molecule has 1 heterocycles. The van der Waals surface area contributed by atoms with E-state index in [4.69, 9.17) is 4.74 Å². The zero-order valence-electron chi connectivity index (χ0n) is 18.9. The Morgan fingerprint density at radius 2 is 1.80 bits per heavy atom. The van der Waals surface area contributed by atoms with Crippen LogP contribution >= 0.6 is 0 Å². The van der Waals surface area contributed by atoms with Crippen molar-refractivity contribution < 1.29 is 22.7 Å². The molecule has 0 unspecified atom stereocenters. The summed E-state index contributed by atoms with van der Waals surface area (Å²) in [5.41, 5.74) is 2.98. The SMILES string of the molecule is O=C(CN1C(=O)COc2ccc(S(=O)(=O)Nc3ccccc3)cc21)N[C@H]1CCCc2ccccc21. The van der Waals surface area contributed by atoms with Crippen LogP contribution in [0.1, 0.15) is 30.0 Å². The van der Waals surface area contributed by atoms with E-state index in [-0.39, 0.29) is 35.7 Å². The van der Waals surface area contributed by atoms with E-state index in [0.29, 0.717) is 11.4 Å². The van der Waals surface area contributed by atoms with Gasteiger partial charge in [-0.25, -0.2) is 8.42 Å². The number of benzene rings is 3. The first-order valence-corrected chi connectivity index (χ1v) is 12.9. The summed E-state index contributed by atoms with van der Waals surface area (Å²) in [6.45, 7) is -0.454. The molecule has 2 amide bonds. The summed E-state index contributed by atoms with van der Waals surface area (Å²) in [4.78, 5) is 26.9. The molecule has 1 atom stereocenters. The molecule has 0 saturated carbocycles. The van der Waals surface area contributed by atoms with Crippen molar-refractivity contribution >= 4 is 33.2 Å². The third kappa shape index (κ3) is 4.85. The maximum atomic E-state index is 13.0. The first-order valence-electron chi connectivity index (χ1n) is 11.4. The predicted molar refractivity (Wildman–Crippen MR) is 132 cm³/mol. The number of anilines is 2. The van der Waals surface area contributed by atoms with Crippen molar-refractivity contribution in [2.24, 2.45) is 0 Å². The van der Waals surface area contributed by atoms with Gasteiger partial charge in [-0.15, -0.1) is 0 Å². The van der Waals surface area contributed by atoms with Crippen LogP contribution in [0.5, 0.6) is 5.75 Å². The second-order valence-corrected chi connectivity index (χ2v) is 10.3. The highest BCUT2D eigenvalue weighted by atomic mass is 32.2. The maximum absolute atomic E-state index is 13.0. The number of para-hydroxylation sites is 1. The molecule has 9 heteroatoms. The molecule has 0 aromatic heterocycles. The van der Waals surface area contributed by atoms with Crippen molar-refractivity contribution in [1.29, 1.82) is 0 Å². The number of ether oxygens (including phenoxy) is 1. The summed E-state index contributed by atoms with van der Waals surface area (Å²) in [5, 5.41) is 3.05. The number of carbonyl (C=O) groups is 2. The van der Waals surface area contributed by atoms with Gasteiger partial charge in [-0.3, -0.25) is 19.2 Å². The van der Waals surface area contributed by atoms with Gasteiger partial charge in [0.2, 0.25) is 5.91 Å². The summed E-state index contributed by atoms with van der Waals surface area (Å²) in [6, 6.07) is 20.7. The predicted octanol–water partition coefficient (Wildman–Crippen LogP) is 3.41. The van der Waals surface area contributed by atoms with Crippen molar-refractivity contribution in [2.45, 2.75) is 30.2 Å². The summed E-state index contributed by atoms with van der Waals surface area (Å²) in [7, 11) is -3.92. The minimum absolute atomic E-state index is 0.0370. The molecule has 0 bridgehead atoms. The molecule has 5 rings (SSSR count). The normalized spacial score (nSPS) is 17.1. The highest BCUT2D eigenvalue weighted by Crippen LogP contribution is 2.35. The van der Waals surface area contributed by atoms with Crippen LogP contribution in [-0.2, 0) is 26.0 Å². The fourth-order valence-corrected chi connectivity index (χ4v) is 5.61. The van der Waals surface area contributed by atoms with E-state index in [9.17, 15) is 18.0 Å². The molecule has 35 heavy (non-hydrogen) atoms. The Morgan fingerprint density at radius 3 is 2.63 bits per heavy atom. The lowest BCUT2D eigenvalue weighted by Gasteiger charge is -2.31. The molecule has 0 spiro atoms. The molecule has 3 aromatic rings. The lowest BCUT2D eigenvalue weighted by atomic mass is 9.88. The minimum atomic E-state index is -3.92. The van der Waals surface area contributed by atoms with Crippen LogP contribution in [-0.4, -0.2) is 33.4 Å². The standard InChI is InChI=1S/C26H25N3O5S/c30-25(27-22-12-6-8-18-7-4-5-11-21(18)22)16-29-23-15-20(13-14-24(23)34-17-26(29)31)35(32,33)28-19-9-2-1-3-10-19/h1-5,7,9-11,13-15,22,28H,6,8,12,16-17H2,(H,27,30)/t22-/m0/s1. The Kier molecular flexibility index (Phi) is 6.17. The van der Waals surface area contributed by atoms with E-state index in [1.165, 1.54) is 28.7 Å². The zero-order valence-corrected chi connectivity index (χ0v) is 19.8. The minimum Gasteiger partial charge on any atom is -0.482 e. The first kappa shape index (κ1) is 22.9. The van der Waals surface area contributed by atoms with E-state index >= 15 is 0 Å². The van der Waals surface area contributed by atoms with E-state index in [0.717, 1.165) is 24.8 Å². The number of rotatable bonds is 6. The monoisotopic (exact) mass is 491 g/mol. The van der Waals surface area contributed by atoms with E-state index in [1.807, 2.05) is 18.2 Å². The summed E-state index contributed by atoms with van der Waals surface area (Å²) in [6.07, 6.45) is 2.77. The molecular weight excluding hydrogens is 466 g/mol. The highest BCUT2D eigenvalue weighted by Gasteiger charge is 2.30. The Hall–Kier alpha value is -3.85. The van der Waals surface area contributed by atoms with Gasteiger partial charge in [0, 0.05) is 5.69 Å². The first-order chi connectivity index (χ1) is 16.9. The number of hydrogen-bond acceptors (Lipinski definition) is 5. The number of aryl methyl sites for hydroxylation is 1. The molecule has 2 aliphatic rings. The van der Waals surface area contributed by atoms with Gasteiger partial charge in [-0.1, -0.05) is 42.5 Å². The maximum Gasteiger partial charge on any atom is 0.265 e. The van der Waals surface area contributed by atoms with Crippen molar-refractivity contribution in [1.82, 2.24) is 5.32 Å². The number of amides is 2. The average molecular weight is 492 g/mol. The van der Waals surface area contributed by atoms with Gasteiger partial charge >= 0.3 is 0 Å². The second-order valence-electron chi connectivity index (χ2n) is 8.58. The molecule has 8 nitrogen and oxygen atoms in total. The van der Waals surface area contributed by atoms with Crippen LogP contribution < -0.4 is 19.7 Å². The number of hydrogen-bond donors (Lipinski definition) is 2. The van der Waals surface area contributed by atoms with Crippen molar-refractivity contribution in [2.75, 3.05) is 22.8 Å². The fourth-order valence-electron chi connectivity index (χ4n) is 4.53. The van der Waals surface area contributed by atoms with Crippen LogP contribution in [0.2, 0.25) is 0 Å². The highest BCUT2D eigenvalue weighted by molar-refractivity contribution is 7.92. The van der Waals surface area contributed by atoms with Crippen molar-refractivity contribution in [3.05, 3.63) is 83.9 Å². The zero-order chi connectivity index (χ0) is 24.4. The molecule has 3 aromatic carbocycles. The molecule has 0 saturated heterocycles. The summed E-state index contributed by atoms with van der Waals surface area (Å²) >= 11 is 0. The van der Waals surface area contributed by atoms with Gasteiger partial charge in [-0.05, 0) is 60.7 Å². The molecule has 1 aliphatic carbocycles. The largest absolute Gasteiger partial charge is 0.482 e. The van der Waals surface area contributed by atoms with Gasteiger partial charge in [0.05, 0.1) is 16.6 Å². The van der Waals surface area contributed by atoms with Crippen LogP contribution in [0, 0.1) is 0 Å². The molecule has 2 N–H and O–H groups in total. The molecule has 1 aliphatic heterocycles. The van der Waals surface area contributed by atoms with Gasteiger partial charge in [0.1, 0.15) is 12.3 Å². The smallest absolute Gasteiger partial charge is 0.265 e. The fraction of sp³-hybridized carbons (Fsp3) is 0.231. The Bertz CT molecular complexity index is 1370. The van der Waals surface area contributed by atoms with Gasteiger partial charge in [-0.2, -0.15) is 0 Å². The van der Waals surface area contributed by atoms with Crippen molar-refractivity contribution in [3.8, 4) is 5.75 Å². The number of nitrogens with one attached hydrogen (secondary N) is 2. The van der Waals surface area contributed by atoms with Crippen LogP contribution in [0.25, 0.3) is 0 Å². The second kappa shape index (κ2) is 9.42. The number of carbonyl (C=O) groups excluding carboxylic acids is 2. The van der Waals surface area contributed by atoms with Crippen LogP contribution in [0.15, 0.2) is 77.7 Å². The van der Waals surface area contributed by atoms with Crippen molar-refractivity contribution in [3.63, 3.8) is 0 Å². The van der Waals surface area contributed by atoms with E-state index in [2.05, 4.69) is 16.1 Å². The van der Waals surface area contributed by atoms with E-state index < -0.39 is 15.9 Å². The molecule has 0 radical (unpaired) electrons. The lowest BCUT2D eigenvalue weighted by Crippen LogP contribution is -2.46. The summed E-state index contributed by atoms with van der Waals surface area (Å²) in [5.74, 6) is -0.384. The summed E-state index contributed by atoms with van der Waals surface area (Å²) < 4.78 is 33.9. The quantitative estimate of drug-likeness (QED) is 0.550. The third-order valence-corrected chi connectivity index (χ3v) is 7.60. The van der Waals surface area contributed by atoms with Gasteiger partial charge < -0.3 is 10.1 Å². The number of fused-ring (bicyclic) bond motifs is 2. The topological polar surface area (TPSA) is 105 Å². The number of nitrogens with zero attached hydrogens (tertiary/aromatic N) is 1. The van der Waals surface area contributed by atoms with E-state index in [1.54, 1.807) is 30.3 Å². The Balaban J connectivity index is 1.37. The molecule has 0 fully saturated rings. The number of sulfonamides is 1. The molecule has 180 valence electrons.